The predicted molar refractivity (Wildman–Crippen MR) is 60.4 cm³/mol. The first kappa shape index (κ1) is 7.70. The second-order valence-corrected chi connectivity index (χ2v) is 4.11. The van der Waals surface area contributed by atoms with Gasteiger partial charge in [-0.3, -0.25) is 0 Å². The molecule has 2 heterocycles. The van der Waals surface area contributed by atoms with Crippen LogP contribution in [0.2, 0.25) is 0 Å². The molecule has 4 N–H and O–H groups in total. The molecule has 0 aliphatic rings. The summed E-state index contributed by atoms with van der Waals surface area (Å²) in [5, 5.41) is 3.87. The van der Waals surface area contributed by atoms with Crippen LogP contribution in [0.15, 0.2) is 28.2 Å². The topological polar surface area (TPSA) is 65.2 Å². The Balaban J connectivity index is 2.70. The van der Waals surface area contributed by atoms with Crippen LogP contribution in [0, 0.1) is 0 Å². The molecule has 0 unspecified atom stereocenters. The van der Waals surface area contributed by atoms with Crippen LogP contribution in [-0.4, -0.2) is 0 Å². The fraction of sp³-hybridized carbons (Fsp3) is 0. The minimum absolute atomic E-state index is 0.649. The summed E-state index contributed by atoms with van der Waals surface area (Å²) in [6.45, 7) is 0. The van der Waals surface area contributed by atoms with E-state index < -0.39 is 0 Å². The lowest BCUT2D eigenvalue weighted by Gasteiger charge is -1.95. The molecule has 0 amide bonds. The molecule has 0 fully saturated rings. The molecule has 1 aromatic carbocycles. The van der Waals surface area contributed by atoms with Gasteiger partial charge in [0.1, 0.15) is 11.8 Å². The van der Waals surface area contributed by atoms with Crippen LogP contribution >= 0.6 is 11.3 Å². The van der Waals surface area contributed by atoms with E-state index >= 15 is 0 Å². The van der Waals surface area contributed by atoms with Crippen LogP contribution in [0.25, 0.3) is 21.1 Å². The predicted octanol–water partition coefficient (Wildman–Crippen LogP) is 2.81. The number of thiophene rings is 1. The molecule has 3 nitrogen and oxygen atoms in total. The van der Waals surface area contributed by atoms with Gasteiger partial charge in [0.05, 0.1) is 16.8 Å². The Morgan fingerprint density at radius 1 is 1.07 bits per heavy atom. The molecular weight excluding hydrogens is 196 g/mol. The summed E-state index contributed by atoms with van der Waals surface area (Å²) in [4.78, 5) is 0. The average Bonchev–Trinajstić information content (AvgIpc) is 2.72. The highest BCUT2D eigenvalue weighted by molar-refractivity contribution is 7.18. The second-order valence-electron chi connectivity index (χ2n) is 3.19. The Hall–Kier alpha value is -1.68. The van der Waals surface area contributed by atoms with Crippen LogP contribution in [0.1, 0.15) is 0 Å². The van der Waals surface area contributed by atoms with E-state index in [0.29, 0.717) is 5.69 Å². The van der Waals surface area contributed by atoms with Crippen LogP contribution < -0.4 is 11.5 Å². The van der Waals surface area contributed by atoms with Crippen molar-refractivity contribution in [2.45, 2.75) is 0 Å². The van der Waals surface area contributed by atoms with Crippen molar-refractivity contribution in [3.05, 3.63) is 23.8 Å². The zero-order valence-electron chi connectivity index (χ0n) is 7.28. The zero-order valence-corrected chi connectivity index (χ0v) is 8.10. The highest BCUT2D eigenvalue weighted by Crippen LogP contribution is 2.37. The first-order valence-electron chi connectivity index (χ1n) is 4.20. The first-order valence-corrected chi connectivity index (χ1v) is 5.07. The molecule has 0 saturated carbocycles. The maximum Gasteiger partial charge on any atom is 0.136 e. The average molecular weight is 204 g/mol. The molecule has 0 aliphatic carbocycles. The minimum Gasteiger partial charge on any atom is -0.462 e. The maximum atomic E-state index is 5.88. The maximum absolute atomic E-state index is 5.88. The SMILES string of the molecule is Nc1coc2ccc3scc(N)c3c12. The number of anilines is 2. The summed E-state index contributed by atoms with van der Waals surface area (Å²) >= 11 is 1.62. The summed E-state index contributed by atoms with van der Waals surface area (Å²) in [5.74, 6) is 0. The van der Waals surface area contributed by atoms with Crippen molar-refractivity contribution >= 4 is 43.8 Å². The van der Waals surface area contributed by atoms with Gasteiger partial charge in [-0.2, -0.15) is 0 Å². The van der Waals surface area contributed by atoms with E-state index in [9.17, 15) is 0 Å². The molecule has 0 bridgehead atoms. The van der Waals surface area contributed by atoms with E-state index in [2.05, 4.69) is 0 Å². The molecule has 4 heteroatoms. The minimum atomic E-state index is 0.649. The summed E-state index contributed by atoms with van der Waals surface area (Å²) < 4.78 is 6.45. The van der Waals surface area contributed by atoms with E-state index in [1.807, 2.05) is 17.5 Å². The van der Waals surface area contributed by atoms with Crippen LogP contribution in [0.3, 0.4) is 0 Å². The molecular formula is C10H8N2OS. The molecule has 0 saturated heterocycles. The molecule has 3 aromatic rings. The lowest BCUT2D eigenvalue weighted by atomic mass is 10.1. The summed E-state index contributed by atoms with van der Waals surface area (Å²) in [6, 6.07) is 3.92. The standard InChI is InChI=1S/C10H8N2OS/c11-5-3-13-7-1-2-8-10(9(5)7)6(12)4-14-8/h1-4H,11-12H2. The molecule has 0 atom stereocenters. The lowest BCUT2D eigenvalue weighted by Crippen LogP contribution is -1.84. The Labute approximate surface area is 83.9 Å². The van der Waals surface area contributed by atoms with Gasteiger partial charge in [0.15, 0.2) is 0 Å². The Bertz CT molecular complexity index is 568. The van der Waals surface area contributed by atoms with Crippen molar-refractivity contribution in [2.75, 3.05) is 11.5 Å². The van der Waals surface area contributed by atoms with Crippen molar-refractivity contribution in [3.63, 3.8) is 0 Å². The highest BCUT2D eigenvalue weighted by atomic mass is 32.1. The summed E-state index contributed by atoms with van der Waals surface area (Å²) in [6.07, 6.45) is 1.56. The summed E-state index contributed by atoms with van der Waals surface area (Å²) in [7, 11) is 0. The van der Waals surface area contributed by atoms with Crippen LogP contribution in [0.5, 0.6) is 0 Å². The van der Waals surface area contributed by atoms with Crippen molar-refractivity contribution in [3.8, 4) is 0 Å². The van der Waals surface area contributed by atoms with Crippen molar-refractivity contribution in [2.24, 2.45) is 0 Å². The normalized spacial score (nSPS) is 11.4. The zero-order chi connectivity index (χ0) is 9.71. The molecule has 14 heavy (non-hydrogen) atoms. The Morgan fingerprint density at radius 2 is 1.93 bits per heavy atom. The Morgan fingerprint density at radius 3 is 2.79 bits per heavy atom. The molecule has 0 radical (unpaired) electrons. The van der Waals surface area contributed by atoms with E-state index in [0.717, 1.165) is 26.7 Å². The van der Waals surface area contributed by atoms with Gasteiger partial charge in [-0.05, 0) is 12.1 Å². The fourth-order valence-corrected chi connectivity index (χ4v) is 2.56. The van der Waals surface area contributed by atoms with Gasteiger partial charge < -0.3 is 15.9 Å². The summed E-state index contributed by atoms with van der Waals surface area (Å²) in [5.41, 5.74) is 13.9. The van der Waals surface area contributed by atoms with Gasteiger partial charge in [0, 0.05) is 15.5 Å². The van der Waals surface area contributed by atoms with Gasteiger partial charge >= 0.3 is 0 Å². The highest BCUT2D eigenvalue weighted by Gasteiger charge is 2.10. The lowest BCUT2D eigenvalue weighted by molar-refractivity contribution is 0.617. The molecule has 2 aromatic heterocycles. The largest absolute Gasteiger partial charge is 0.462 e. The van der Waals surface area contributed by atoms with Crippen molar-refractivity contribution in [1.82, 2.24) is 0 Å². The van der Waals surface area contributed by atoms with Crippen LogP contribution in [-0.2, 0) is 0 Å². The monoisotopic (exact) mass is 204 g/mol. The fourth-order valence-electron chi connectivity index (χ4n) is 1.71. The third kappa shape index (κ3) is 0.807. The van der Waals surface area contributed by atoms with Gasteiger partial charge in [-0.1, -0.05) is 0 Å². The van der Waals surface area contributed by atoms with Gasteiger partial charge in [0.2, 0.25) is 0 Å². The third-order valence-electron chi connectivity index (χ3n) is 2.33. The number of rotatable bonds is 0. The number of nitrogens with two attached hydrogens (primary N) is 2. The van der Waals surface area contributed by atoms with E-state index in [4.69, 9.17) is 15.9 Å². The first-order chi connectivity index (χ1) is 6.77. The molecule has 0 spiro atoms. The molecule has 0 aliphatic heterocycles. The van der Waals surface area contributed by atoms with Crippen molar-refractivity contribution < 1.29 is 4.42 Å². The smallest absolute Gasteiger partial charge is 0.136 e. The number of benzene rings is 1. The van der Waals surface area contributed by atoms with Gasteiger partial charge in [-0.25, -0.2) is 0 Å². The number of furan rings is 1. The number of nitrogen functional groups attached to an aromatic ring is 2. The van der Waals surface area contributed by atoms with Gasteiger partial charge in [0.25, 0.3) is 0 Å². The quantitative estimate of drug-likeness (QED) is 0.591. The Kier molecular flexibility index (Phi) is 1.33. The third-order valence-corrected chi connectivity index (χ3v) is 3.30. The van der Waals surface area contributed by atoms with Crippen molar-refractivity contribution in [1.29, 1.82) is 0 Å². The molecule has 3 rings (SSSR count). The number of hydrogen-bond donors (Lipinski definition) is 2. The van der Waals surface area contributed by atoms with E-state index in [1.165, 1.54) is 0 Å². The number of hydrogen-bond acceptors (Lipinski definition) is 4. The van der Waals surface area contributed by atoms with E-state index in [1.54, 1.807) is 17.6 Å². The van der Waals surface area contributed by atoms with Crippen LogP contribution in [0.4, 0.5) is 11.4 Å². The second kappa shape index (κ2) is 2.42. The number of fused-ring (bicyclic) bond motifs is 3. The molecule has 70 valence electrons. The van der Waals surface area contributed by atoms with E-state index in [-0.39, 0.29) is 0 Å². The van der Waals surface area contributed by atoms with Gasteiger partial charge in [-0.15, -0.1) is 11.3 Å².